The molecule has 4 aromatic rings. The molecular formula is C34H32F5NP2. The number of nitrogens with zero attached hydrogens (tertiary/aromatic N) is 1. The van der Waals surface area contributed by atoms with E-state index >= 15 is 8.78 Å². The number of benzene rings is 4. The van der Waals surface area contributed by atoms with Gasteiger partial charge in [0.1, 0.15) is 5.82 Å². The third-order valence-corrected chi connectivity index (χ3v) is 15.1. The van der Waals surface area contributed by atoms with Crippen molar-refractivity contribution in [2.45, 2.75) is 62.3 Å². The van der Waals surface area contributed by atoms with Crippen molar-refractivity contribution >= 4 is 26.8 Å². The molecule has 0 aromatic heterocycles. The summed E-state index contributed by atoms with van der Waals surface area (Å²) in [5.41, 5.74) is 2.42. The van der Waals surface area contributed by atoms with Crippen molar-refractivity contribution < 1.29 is 22.0 Å². The SMILES string of the molecule is Fc1cc(F)c(F)c(P(c2cccc(F)c2F)N(C2CCCCC2)P2[C@H](c3ccccc3)CC[C@H]2c2ccccc2)c1. The maximum atomic E-state index is 15.8. The summed E-state index contributed by atoms with van der Waals surface area (Å²) in [4.78, 5) is 0. The summed E-state index contributed by atoms with van der Waals surface area (Å²) in [7, 11) is -3.37. The molecule has 42 heavy (non-hydrogen) atoms. The Kier molecular flexibility index (Phi) is 9.05. The van der Waals surface area contributed by atoms with Crippen molar-refractivity contribution in [1.29, 1.82) is 0 Å². The van der Waals surface area contributed by atoms with E-state index in [1.54, 1.807) is 0 Å². The number of rotatable bonds is 7. The molecule has 1 aliphatic carbocycles. The standard InChI is InChI=1S/C34H32F5NP2/c35-25-21-28(37)34(39)32(22-25)42(31-18-10-17-27(36)33(31)38)40(26-15-8-3-9-16-26)41-29(23-11-4-1-5-12-23)19-20-30(41)24-13-6-2-7-14-24/h1-2,4-7,10-14,17-18,21-22,26,29-30H,3,8-9,15-16,19-20H2/t29-,30-,42?/m0/s1. The maximum absolute atomic E-state index is 15.8. The maximum Gasteiger partial charge on any atom is 0.168 e. The average molecular weight is 612 g/mol. The third kappa shape index (κ3) is 5.79. The molecule has 0 N–H and O–H groups in total. The van der Waals surface area contributed by atoms with Crippen LogP contribution in [0.1, 0.15) is 67.4 Å². The fourth-order valence-electron chi connectivity index (χ4n) is 6.54. The molecule has 218 valence electrons. The zero-order valence-corrected chi connectivity index (χ0v) is 24.9. The highest BCUT2D eigenvalue weighted by molar-refractivity contribution is 7.79. The fraction of sp³-hybridized carbons (Fsp3) is 0.294. The number of hydrogen-bond donors (Lipinski definition) is 0. The van der Waals surface area contributed by atoms with Gasteiger partial charge in [0.05, 0.1) is 0 Å². The van der Waals surface area contributed by atoms with E-state index in [4.69, 9.17) is 0 Å². The first-order chi connectivity index (χ1) is 20.4. The first kappa shape index (κ1) is 29.4. The molecule has 3 atom stereocenters. The fourth-order valence-corrected chi connectivity index (χ4v) is 14.4. The minimum atomic E-state index is -2.18. The third-order valence-electron chi connectivity index (χ3n) is 8.43. The summed E-state index contributed by atoms with van der Waals surface area (Å²) in [6.45, 7) is 0. The Bertz CT molecular complexity index is 1470. The van der Waals surface area contributed by atoms with Crippen molar-refractivity contribution in [3.05, 3.63) is 131 Å². The van der Waals surface area contributed by atoms with E-state index in [0.29, 0.717) is 6.07 Å². The molecule has 8 heteroatoms. The summed E-state index contributed by atoms with van der Waals surface area (Å²) >= 11 is 0. The Balaban J connectivity index is 1.63. The summed E-state index contributed by atoms with van der Waals surface area (Å²) in [5.74, 6) is -5.60. The van der Waals surface area contributed by atoms with Gasteiger partial charge in [-0.1, -0.05) is 86.0 Å². The number of hydrogen-bond acceptors (Lipinski definition) is 1. The first-order valence-corrected chi connectivity index (χ1v) is 17.2. The second-order valence-electron chi connectivity index (χ2n) is 11.0. The molecule has 0 bridgehead atoms. The normalized spacial score (nSPS) is 20.7. The van der Waals surface area contributed by atoms with E-state index in [1.807, 2.05) is 36.4 Å². The predicted octanol–water partition coefficient (Wildman–Crippen LogP) is 10.0. The zero-order chi connectivity index (χ0) is 29.2. The van der Waals surface area contributed by atoms with Crippen LogP contribution >= 0.6 is 16.1 Å². The van der Waals surface area contributed by atoms with Crippen molar-refractivity contribution in [1.82, 2.24) is 4.44 Å². The van der Waals surface area contributed by atoms with E-state index in [0.717, 1.165) is 68.2 Å². The molecule has 0 amide bonds. The Morgan fingerprint density at radius 1 is 0.571 bits per heavy atom. The lowest BCUT2D eigenvalue weighted by Crippen LogP contribution is -2.38. The molecule has 1 heterocycles. The monoisotopic (exact) mass is 611 g/mol. The Morgan fingerprint density at radius 3 is 1.74 bits per heavy atom. The van der Waals surface area contributed by atoms with Crippen molar-refractivity contribution in [3.63, 3.8) is 0 Å². The lowest BCUT2D eigenvalue weighted by molar-refractivity contribution is 0.351. The van der Waals surface area contributed by atoms with Gasteiger partial charge in [-0.25, -0.2) is 26.4 Å². The van der Waals surface area contributed by atoms with E-state index < -0.39 is 45.2 Å². The summed E-state index contributed by atoms with van der Waals surface area (Å²) in [6, 6.07) is 25.7. The molecule has 1 nitrogen and oxygen atoms in total. The van der Waals surface area contributed by atoms with E-state index in [-0.39, 0.29) is 28.0 Å². The molecule has 1 unspecified atom stereocenters. The zero-order valence-electron chi connectivity index (χ0n) is 23.1. The second-order valence-corrected chi connectivity index (χ2v) is 15.8. The Labute approximate surface area is 246 Å². The highest BCUT2D eigenvalue weighted by Gasteiger charge is 2.48. The van der Waals surface area contributed by atoms with Crippen LogP contribution < -0.4 is 10.6 Å². The molecular weight excluding hydrogens is 579 g/mol. The molecule has 0 spiro atoms. The average Bonchev–Trinajstić information content (AvgIpc) is 3.45. The summed E-state index contributed by atoms with van der Waals surface area (Å²) in [5, 5.41) is -0.266. The van der Waals surface area contributed by atoms with Gasteiger partial charge in [-0.3, -0.25) is 0 Å². The highest BCUT2D eigenvalue weighted by Crippen LogP contribution is 2.77. The van der Waals surface area contributed by atoms with Crippen LogP contribution in [-0.4, -0.2) is 10.5 Å². The number of halogens is 5. The van der Waals surface area contributed by atoms with Crippen molar-refractivity contribution in [2.75, 3.05) is 0 Å². The van der Waals surface area contributed by atoms with Gasteiger partial charge >= 0.3 is 0 Å². The van der Waals surface area contributed by atoms with Crippen LogP contribution in [0.25, 0.3) is 0 Å². The molecule has 2 fully saturated rings. The van der Waals surface area contributed by atoms with Gasteiger partial charge in [0.25, 0.3) is 0 Å². The first-order valence-electron chi connectivity index (χ1n) is 14.5. The van der Waals surface area contributed by atoms with Crippen LogP contribution in [-0.2, 0) is 0 Å². The largest absolute Gasteiger partial charge is 0.248 e. The molecule has 2 aliphatic rings. The van der Waals surface area contributed by atoms with Gasteiger partial charge in [0, 0.05) is 42.1 Å². The van der Waals surface area contributed by atoms with Crippen LogP contribution in [0.3, 0.4) is 0 Å². The minimum absolute atomic E-state index is 0.0347. The van der Waals surface area contributed by atoms with Crippen LogP contribution in [0.4, 0.5) is 22.0 Å². The Morgan fingerprint density at radius 2 is 1.14 bits per heavy atom. The van der Waals surface area contributed by atoms with Crippen LogP contribution in [0, 0.1) is 29.1 Å². The molecule has 1 saturated heterocycles. The molecule has 1 aliphatic heterocycles. The van der Waals surface area contributed by atoms with Gasteiger partial charge in [-0.2, -0.15) is 0 Å². The molecule has 6 rings (SSSR count). The van der Waals surface area contributed by atoms with E-state index in [9.17, 15) is 13.2 Å². The smallest absolute Gasteiger partial charge is 0.168 e. The summed E-state index contributed by atoms with van der Waals surface area (Å²) < 4.78 is 78.5. The van der Waals surface area contributed by atoms with Gasteiger partial charge in [-0.05, 0) is 63.1 Å². The lowest BCUT2D eigenvalue weighted by atomic mass is 9.96. The second kappa shape index (κ2) is 12.9. The topological polar surface area (TPSA) is 3.24 Å². The van der Waals surface area contributed by atoms with Crippen LogP contribution in [0.5, 0.6) is 0 Å². The highest BCUT2D eigenvalue weighted by atomic mass is 31.2. The van der Waals surface area contributed by atoms with E-state index in [1.165, 1.54) is 12.1 Å². The lowest BCUT2D eigenvalue weighted by Gasteiger charge is -2.47. The van der Waals surface area contributed by atoms with E-state index in [2.05, 4.69) is 28.7 Å². The van der Waals surface area contributed by atoms with Crippen molar-refractivity contribution in [3.8, 4) is 0 Å². The Hall–Kier alpha value is -2.65. The van der Waals surface area contributed by atoms with Crippen LogP contribution in [0.2, 0.25) is 0 Å². The van der Waals surface area contributed by atoms with Gasteiger partial charge in [0.2, 0.25) is 0 Å². The van der Waals surface area contributed by atoms with Gasteiger partial charge in [0.15, 0.2) is 23.3 Å². The van der Waals surface area contributed by atoms with Gasteiger partial charge in [-0.15, -0.1) is 0 Å². The minimum Gasteiger partial charge on any atom is -0.248 e. The molecule has 4 aromatic carbocycles. The quantitative estimate of drug-likeness (QED) is 0.114. The van der Waals surface area contributed by atoms with Gasteiger partial charge < -0.3 is 0 Å². The van der Waals surface area contributed by atoms with Crippen LogP contribution in [0.15, 0.2) is 91.0 Å². The molecule has 1 saturated carbocycles. The molecule has 0 radical (unpaired) electrons. The van der Waals surface area contributed by atoms with Crippen molar-refractivity contribution in [2.24, 2.45) is 0 Å². The predicted molar refractivity (Wildman–Crippen MR) is 162 cm³/mol. The summed E-state index contributed by atoms with van der Waals surface area (Å²) in [6.07, 6.45) is 6.30.